The second-order valence-electron chi connectivity index (χ2n) is 3.52. The Morgan fingerprint density at radius 3 is 2.62 bits per heavy atom. The zero-order chi connectivity index (χ0) is 5.61. The van der Waals surface area contributed by atoms with E-state index in [-0.39, 0.29) is 0 Å². The predicted octanol–water partition coefficient (Wildman–Crippen LogP) is 2.36. The van der Waals surface area contributed by atoms with E-state index in [4.69, 9.17) is 0 Å². The quantitative estimate of drug-likeness (QED) is 0.418. The molecule has 0 spiro atoms. The van der Waals surface area contributed by atoms with E-state index in [1.165, 1.54) is 19.3 Å². The topological polar surface area (TPSA) is 0 Å². The maximum Gasteiger partial charge on any atom is -0.0141 e. The Morgan fingerprint density at radius 1 is 1.62 bits per heavy atom. The summed E-state index contributed by atoms with van der Waals surface area (Å²) >= 11 is 0. The minimum atomic E-state index is 0.630. The van der Waals surface area contributed by atoms with Crippen molar-refractivity contribution in [2.24, 2.45) is 11.3 Å². The van der Waals surface area contributed by atoms with Crippen LogP contribution in [0.1, 0.15) is 26.2 Å². The number of fused-ring (bicyclic) bond motifs is 2. The molecule has 0 radical (unpaired) electrons. The first-order chi connectivity index (χ1) is 3.79. The molecule has 0 aromatic rings. The molecule has 8 heavy (non-hydrogen) atoms. The summed E-state index contributed by atoms with van der Waals surface area (Å²) < 4.78 is 0. The van der Waals surface area contributed by atoms with Crippen molar-refractivity contribution < 1.29 is 0 Å². The van der Waals surface area contributed by atoms with Gasteiger partial charge in [0.1, 0.15) is 0 Å². The predicted molar refractivity (Wildman–Crippen MR) is 34.6 cm³/mol. The molecule has 0 nitrogen and oxygen atoms in total. The van der Waals surface area contributed by atoms with Crippen LogP contribution in [-0.4, -0.2) is 0 Å². The van der Waals surface area contributed by atoms with Crippen LogP contribution in [0.4, 0.5) is 0 Å². The van der Waals surface area contributed by atoms with Gasteiger partial charge in [-0.15, -0.1) is 0 Å². The van der Waals surface area contributed by atoms with Gasteiger partial charge in [0.2, 0.25) is 0 Å². The van der Waals surface area contributed by atoms with Crippen molar-refractivity contribution in [2.45, 2.75) is 26.2 Å². The van der Waals surface area contributed by atoms with E-state index < -0.39 is 0 Å². The van der Waals surface area contributed by atoms with Crippen LogP contribution in [0, 0.1) is 11.3 Å². The van der Waals surface area contributed by atoms with Crippen LogP contribution in [0.3, 0.4) is 0 Å². The molecule has 0 N–H and O–H groups in total. The first kappa shape index (κ1) is 4.60. The molecule has 0 aromatic carbocycles. The smallest absolute Gasteiger partial charge is 0.0141 e. The second kappa shape index (κ2) is 1.18. The Hall–Kier alpha value is -0.260. The van der Waals surface area contributed by atoms with Crippen LogP contribution in [-0.2, 0) is 0 Å². The van der Waals surface area contributed by atoms with Gasteiger partial charge in [0.25, 0.3) is 0 Å². The average Bonchev–Trinajstić information content (AvgIpc) is 2.21. The highest BCUT2D eigenvalue weighted by molar-refractivity contribution is 5.13. The minimum Gasteiger partial charge on any atom is -0.0848 e. The third kappa shape index (κ3) is 0.460. The van der Waals surface area contributed by atoms with E-state index in [2.05, 4.69) is 19.1 Å². The molecule has 2 aliphatic carbocycles. The van der Waals surface area contributed by atoms with Gasteiger partial charge >= 0.3 is 0 Å². The normalized spacial score (nSPS) is 50.9. The van der Waals surface area contributed by atoms with E-state index in [0.29, 0.717) is 5.41 Å². The van der Waals surface area contributed by atoms with E-state index in [9.17, 15) is 0 Å². The van der Waals surface area contributed by atoms with Gasteiger partial charge in [-0.2, -0.15) is 0 Å². The molecule has 0 heterocycles. The van der Waals surface area contributed by atoms with E-state index in [1.807, 2.05) is 0 Å². The molecule has 0 heteroatoms. The summed E-state index contributed by atoms with van der Waals surface area (Å²) in [4.78, 5) is 0. The fourth-order valence-electron chi connectivity index (χ4n) is 2.00. The molecular formula is C8H12. The molecule has 2 aliphatic rings. The molecule has 0 aliphatic heterocycles. The standard InChI is InChI=1S/C8H12/c1-8-4-2-7(6-8)3-5-8/h2,4,7H,3,5-6H2,1H3/t7?,8-/m0/s1. The highest BCUT2D eigenvalue weighted by Crippen LogP contribution is 2.48. The molecule has 2 rings (SSSR count). The van der Waals surface area contributed by atoms with Crippen LogP contribution in [0.25, 0.3) is 0 Å². The molecule has 1 fully saturated rings. The lowest BCUT2D eigenvalue weighted by Crippen LogP contribution is -2.02. The zero-order valence-electron chi connectivity index (χ0n) is 5.35. The molecule has 2 atom stereocenters. The number of rotatable bonds is 0. The minimum absolute atomic E-state index is 0.630. The van der Waals surface area contributed by atoms with Crippen LogP contribution in [0.15, 0.2) is 12.2 Å². The maximum atomic E-state index is 2.40. The van der Waals surface area contributed by atoms with Crippen molar-refractivity contribution in [1.82, 2.24) is 0 Å². The van der Waals surface area contributed by atoms with E-state index >= 15 is 0 Å². The number of allylic oxidation sites excluding steroid dienone is 2. The summed E-state index contributed by atoms with van der Waals surface area (Å²) in [6.45, 7) is 2.37. The van der Waals surface area contributed by atoms with E-state index in [0.717, 1.165) is 5.92 Å². The molecular weight excluding hydrogens is 96.1 g/mol. The lowest BCUT2D eigenvalue weighted by Gasteiger charge is -2.14. The molecule has 1 unspecified atom stereocenters. The van der Waals surface area contributed by atoms with Gasteiger partial charge in [0.05, 0.1) is 0 Å². The molecule has 1 saturated carbocycles. The molecule has 2 bridgehead atoms. The number of hydrogen-bond acceptors (Lipinski definition) is 0. The highest BCUT2D eigenvalue weighted by Gasteiger charge is 2.36. The van der Waals surface area contributed by atoms with Gasteiger partial charge in [-0.05, 0) is 30.6 Å². The van der Waals surface area contributed by atoms with Crippen LogP contribution >= 0.6 is 0 Å². The number of hydrogen-bond donors (Lipinski definition) is 0. The lowest BCUT2D eigenvalue weighted by molar-refractivity contribution is 0.455. The van der Waals surface area contributed by atoms with Crippen molar-refractivity contribution in [3.8, 4) is 0 Å². The van der Waals surface area contributed by atoms with Crippen molar-refractivity contribution in [3.63, 3.8) is 0 Å². The first-order valence-electron chi connectivity index (χ1n) is 3.48. The lowest BCUT2D eigenvalue weighted by atomic mass is 9.91. The summed E-state index contributed by atoms with van der Waals surface area (Å²) in [5.74, 6) is 0.958. The molecule has 44 valence electrons. The van der Waals surface area contributed by atoms with Crippen molar-refractivity contribution >= 4 is 0 Å². The molecule has 0 aromatic heterocycles. The Bertz CT molecular complexity index is 135. The van der Waals surface area contributed by atoms with Crippen LogP contribution in [0.5, 0.6) is 0 Å². The molecule has 0 amide bonds. The van der Waals surface area contributed by atoms with Gasteiger partial charge in [0.15, 0.2) is 0 Å². The van der Waals surface area contributed by atoms with Gasteiger partial charge in [0, 0.05) is 0 Å². The van der Waals surface area contributed by atoms with Gasteiger partial charge in [-0.25, -0.2) is 0 Å². The van der Waals surface area contributed by atoms with Crippen molar-refractivity contribution in [2.75, 3.05) is 0 Å². The highest BCUT2D eigenvalue weighted by atomic mass is 14.4. The van der Waals surface area contributed by atoms with Gasteiger partial charge in [-0.1, -0.05) is 19.1 Å². The Morgan fingerprint density at radius 2 is 2.50 bits per heavy atom. The summed E-state index contributed by atoms with van der Waals surface area (Å²) in [7, 11) is 0. The van der Waals surface area contributed by atoms with Crippen LogP contribution in [0.2, 0.25) is 0 Å². The monoisotopic (exact) mass is 108 g/mol. The zero-order valence-corrected chi connectivity index (χ0v) is 5.35. The summed E-state index contributed by atoms with van der Waals surface area (Å²) in [5, 5.41) is 0. The maximum absolute atomic E-state index is 2.40. The molecule has 0 saturated heterocycles. The van der Waals surface area contributed by atoms with Gasteiger partial charge in [-0.3, -0.25) is 0 Å². The Kier molecular flexibility index (Phi) is 0.677. The van der Waals surface area contributed by atoms with Crippen LogP contribution < -0.4 is 0 Å². The second-order valence-corrected chi connectivity index (χ2v) is 3.52. The fraction of sp³-hybridized carbons (Fsp3) is 0.750. The first-order valence-corrected chi connectivity index (χ1v) is 3.48. The summed E-state index contributed by atoms with van der Waals surface area (Å²) in [6, 6.07) is 0. The Labute approximate surface area is 50.6 Å². The van der Waals surface area contributed by atoms with Crippen molar-refractivity contribution in [1.29, 1.82) is 0 Å². The average molecular weight is 108 g/mol. The van der Waals surface area contributed by atoms with Crippen molar-refractivity contribution in [3.05, 3.63) is 12.2 Å². The van der Waals surface area contributed by atoms with Gasteiger partial charge < -0.3 is 0 Å². The third-order valence-electron chi connectivity index (χ3n) is 2.59. The summed E-state index contributed by atoms with van der Waals surface area (Å²) in [6.07, 6.45) is 9.12. The fourth-order valence-corrected chi connectivity index (χ4v) is 2.00. The SMILES string of the molecule is C[C@]12C=CC(CC1)C2. The third-order valence-corrected chi connectivity index (χ3v) is 2.59. The van der Waals surface area contributed by atoms with E-state index in [1.54, 1.807) is 0 Å². The summed E-state index contributed by atoms with van der Waals surface area (Å²) in [5.41, 5.74) is 0.630. The largest absolute Gasteiger partial charge is 0.0848 e. The Balaban J connectivity index is 2.33.